The third kappa shape index (κ3) is 4.32. The number of nitrogens with one attached hydrogen (secondary N) is 1. The van der Waals surface area contributed by atoms with E-state index in [-0.39, 0.29) is 27.4 Å². The SMILES string of the molecule is O=C(N[C@H]1CCSc2ccccc21)c1cc(S(=O)(=O)N2CCOCC2)ccc1Cl. The Bertz CT molecular complexity index is 1020. The molecule has 0 spiro atoms. The fourth-order valence-corrected chi connectivity index (χ4v) is 6.27. The molecule has 0 unspecified atom stereocenters. The standard InChI is InChI=1S/C20H21ClN2O4S2/c21-17-6-5-14(29(25,26)23-8-10-27-11-9-23)13-16(17)20(24)22-18-7-12-28-19-4-2-1-3-15(18)19/h1-6,13,18H,7-12H2,(H,22,24)/t18-/m0/s1. The third-order valence-corrected chi connectivity index (χ3v) is 8.40. The van der Waals surface area contributed by atoms with Crippen LogP contribution in [-0.2, 0) is 14.8 Å². The Balaban J connectivity index is 1.59. The number of hydrogen-bond donors (Lipinski definition) is 1. The molecule has 0 radical (unpaired) electrons. The maximum absolute atomic E-state index is 13.0. The Labute approximate surface area is 179 Å². The number of amides is 1. The first-order valence-electron chi connectivity index (χ1n) is 9.37. The number of halogens is 1. The summed E-state index contributed by atoms with van der Waals surface area (Å²) in [6, 6.07) is 12.1. The van der Waals surface area contributed by atoms with E-state index in [0.29, 0.717) is 26.3 Å². The van der Waals surface area contributed by atoms with Gasteiger partial charge in [-0.05, 0) is 36.2 Å². The average Bonchev–Trinajstić information content (AvgIpc) is 2.75. The summed E-state index contributed by atoms with van der Waals surface area (Å²) in [5.74, 6) is 0.530. The van der Waals surface area contributed by atoms with Crippen molar-refractivity contribution in [3.05, 3.63) is 58.6 Å². The van der Waals surface area contributed by atoms with Crippen molar-refractivity contribution in [2.45, 2.75) is 22.3 Å². The Morgan fingerprint density at radius 1 is 1.17 bits per heavy atom. The van der Waals surface area contributed by atoms with Crippen molar-refractivity contribution < 1.29 is 17.9 Å². The molecule has 29 heavy (non-hydrogen) atoms. The van der Waals surface area contributed by atoms with E-state index in [1.54, 1.807) is 11.8 Å². The van der Waals surface area contributed by atoms with Crippen LogP contribution in [0, 0.1) is 0 Å². The highest BCUT2D eigenvalue weighted by molar-refractivity contribution is 7.99. The van der Waals surface area contributed by atoms with E-state index in [1.165, 1.54) is 22.5 Å². The highest BCUT2D eigenvalue weighted by Crippen LogP contribution is 2.36. The van der Waals surface area contributed by atoms with Crippen molar-refractivity contribution in [1.82, 2.24) is 9.62 Å². The Morgan fingerprint density at radius 2 is 1.93 bits per heavy atom. The van der Waals surface area contributed by atoms with E-state index in [9.17, 15) is 13.2 Å². The number of thioether (sulfide) groups is 1. The molecule has 2 aromatic carbocycles. The van der Waals surface area contributed by atoms with Gasteiger partial charge in [0, 0.05) is 23.7 Å². The molecule has 1 N–H and O–H groups in total. The quantitative estimate of drug-likeness (QED) is 0.770. The average molecular weight is 453 g/mol. The molecule has 0 bridgehead atoms. The van der Waals surface area contributed by atoms with Crippen molar-refractivity contribution >= 4 is 39.3 Å². The summed E-state index contributed by atoms with van der Waals surface area (Å²) in [7, 11) is -3.71. The second kappa shape index (κ2) is 8.65. The predicted molar refractivity (Wildman–Crippen MR) is 113 cm³/mol. The number of hydrogen-bond acceptors (Lipinski definition) is 5. The van der Waals surface area contributed by atoms with Crippen LogP contribution in [0.1, 0.15) is 28.4 Å². The van der Waals surface area contributed by atoms with E-state index in [0.717, 1.165) is 22.6 Å². The molecule has 2 aromatic rings. The minimum Gasteiger partial charge on any atom is -0.379 e. The fourth-order valence-electron chi connectivity index (χ4n) is 3.50. The van der Waals surface area contributed by atoms with Gasteiger partial charge < -0.3 is 10.1 Å². The molecule has 0 aromatic heterocycles. The maximum Gasteiger partial charge on any atom is 0.253 e. The van der Waals surface area contributed by atoms with Gasteiger partial charge >= 0.3 is 0 Å². The minimum atomic E-state index is -3.71. The first-order valence-corrected chi connectivity index (χ1v) is 12.2. The molecule has 4 rings (SSSR count). The lowest BCUT2D eigenvalue weighted by Crippen LogP contribution is -2.40. The highest BCUT2D eigenvalue weighted by Gasteiger charge is 2.28. The number of carbonyl (C=O) groups excluding carboxylic acids is 1. The monoisotopic (exact) mass is 452 g/mol. The number of sulfonamides is 1. The minimum absolute atomic E-state index is 0.0635. The van der Waals surface area contributed by atoms with Gasteiger partial charge in [0.05, 0.1) is 34.7 Å². The van der Waals surface area contributed by atoms with E-state index < -0.39 is 10.0 Å². The smallest absolute Gasteiger partial charge is 0.253 e. The zero-order valence-corrected chi connectivity index (χ0v) is 18.0. The van der Waals surface area contributed by atoms with Crippen LogP contribution >= 0.6 is 23.4 Å². The van der Waals surface area contributed by atoms with Crippen LogP contribution in [0.4, 0.5) is 0 Å². The fraction of sp³-hybridized carbons (Fsp3) is 0.350. The summed E-state index contributed by atoms with van der Waals surface area (Å²) in [4.78, 5) is 14.2. The van der Waals surface area contributed by atoms with Crippen LogP contribution < -0.4 is 5.32 Å². The molecule has 2 heterocycles. The van der Waals surface area contributed by atoms with Crippen LogP contribution in [0.2, 0.25) is 5.02 Å². The van der Waals surface area contributed by atoms with Gasteiger partial charge in [0.1, 0.15) is 0 Å². The summed E-state index contributed by atoms with van der Waals surface area (Å²) in [6.07, 6.45) is 0.802. The van der Waals surface area contributed by atoms with Gasteiger partial charge in [0.2, 0.25) is 10.0 Å². The predicted octanol–water partition coefficient (Wildman–Crippen LogP) is 3.33. The van der Waals surface area contributed by atoms with Crippen molar-refractivity contribution in [3.63, 3.8) is 0 Å². The summed E-state index contributed by atoms with van der Waals surface area (Å²) in [5.41, 5.74) is 1.24. The molecule has 2 aliphatic heterocycles. The highest BCUT2D eigenvalue weighted by atomic mass is 35.5. The van der Waals surface area contributed by atoms with Gasteiger partial charge in [-0.3, -0.25) is 4.79 Å². The van der Waals surface area contributed by atoms with Crippen LogP contribution in [0.15, 0.2) is 52.3 Å². The molecule has 154 valence electrons. The van der Waals surface area contributed by atoms with Crippen LogP contribution in [0.5, 0.6) is 0 Å². The van der Waals surface area contributed by atoms with Crippen molar-refractivity contribution in [2.24, 2.45) is 0 Å². The molecule has 1 fully saturated rings. The lowest BCUT2D eigenvalue weighted by Gasteiger charge is -2.27. The largest absolute Gasteiger partial charge is 0.379 e. The second-order valence-electron chi connectivity index (χ2n) is 6.86. The molecule has 0 aliphatic carbocycles. The van der Waals surface area contributed by atoms with E-state index in [2.05, 4.69) is 5.32 Å². The number of fused-ring (bicyclic) bond motifs is 1. The summed E-state index contributed by atoms with van der Waals surface area (Å²) >= 11 is 8.02. The molecule has 2 aliphatic rings. The van der Waals surface area contributed by atoms with Crippen LogP contribution in [0.3, 0.4) is 0 Å². The molecule has 6 nitrogen and oxygen atoms in total. The maximum atomic E-state index is 13.0. The molecular weight excluding hydrogens is 432 g/mol. The third-order valence-electron chi connectivity index (χ3n) is 5.05. The lowest BCUT2D eigenvalue weighted by atomic mass is 10.0. The normalized spacial score (nSPS) is 20.1. The second-order valence-corrected chi connectivity index (χ2v) is 10.3. The Morgan fingerprint density at radius 3 is 2.72 bits per heavy atom. The Kier molecular flexibility index (Phi) is 6.17. The van der Waals surface area contributed by atoms with Gasteiger partial charge in [0.15, 0.2) is 0 Å². The van der Waals surface area contributed by atoms with Gasteiger partial charge in [-0.25, -0.2) is 8.42 Å². The molecule has 1 amide bonds. The topological polar surface area (TPSA) is 75.7 Å². The number of morpholine rings is 1. The van der Waals surface area contributed by atoms with Crippen molar-refractivity contribution in [1.29, 1.82) is 0 Å². The summed E-state index contributed by atoms with van der Waals surface area (Å²) in [5, 5.41) is 3.25. The van der Waals surface area contributed by atoms with Crippen molar-refractivity contribution in [3.8, 4) is 0 Å². The van der Waals surface area contributed by atoms with E-state index in [4.69, 9.17) is 16.3 Å². The van der Waals surface area contributed by atoms with E-state index in [1.807, 2.05) is 24.3 Å². The molecule has 0 saturated carbocycles. The van der Waals surface area contributed by atoms with Gasteiger partial charge in [-0.1, -0.05) is 29.8 Å². The molecule has 9 heteroatoms. The first kappa shape index (κ1) is 20.7. The van der Waals surface area contributed by atoms with Gasteiger partial charge in [0.25, 0.3) is 5.91 Å². The number of carbonyl (C=O) groups is 1. The zero-order chi connectivity index (χ0) is 20.4. The molecule has 1 saturated heterocycles. The van der Waals surface area contributed by atoms with Crippen LogP contribution in [0.25, 0.3) is 0 Å². The first-order chi connectivity index (χ1) is 14.0. The summed E-state index contributed by atoms with van der Waals surface area (Å²) < 4.78 is 32.4. The van der Waals surface area contributed by atoms with E-state index >= 15 is 0 Å². The van der Waals surface area contributed by atoms with Gasteiger partial charge in [-0.15, -0.1) is 11.8 Å². The number of nitrogens with zero attached hydrogens (tertiary/aromatic N) is 1. The van der Waals surface area contributed by atoms with Crippen LogP contribution in [-0.4, -0.2) is 50.7 Å². The summed E-state index contributed by atoms with van der Waals surface area (Å²) in [6.45, 7) is 1.31. The Hall–Kier alpha value is -1.58. The number of benzene rings is 2. The zero-order valence-electron chi connectivity index (χ0n) is 15.6. The lowest BCUT2D eigenvalue weighted by molar-refractivity contribution is 0.0730. The van der Waals surface area contributed by atoms with Gasteiger partial charge in [-0.2, -0.15) is 4.31 Å². The molecule has 1 atom stereocenters. The number of ether oxygens (including phenoxy) is 1. The number of rotatable bonds is 4. The molecular formula is C20H21ClN2O4S2. The van der Waals surface area contributed by atoms with Crippen molar-refractivity contribution in [2.75, 3.05) is 32.1 Å².